The number of nitrogens with one attached hydrogen (secondary N) is 1. The SMILES string of the molecule is COc1cc(/C=C/C(=O)Nc2cc(S(=O)(=O)N3CCOCC3)ccc2C)ccc1OCC(C)C. The van der Waals surface area contributed by atoms with Crippen molar-refractivity contribution in [1.29, 1.82) is 0 Å². The number of sulfonamides is 1. The van der Waals surface area contributed by atoms with Gasteiger partial charge in [0.2, 0.25) is 15.9 Å². The van der Waals surface area contributed by atoms with E-state index in [0.29, 0.717) is 56.0 Å². The maximum atomic E-state index is 12.9. The van der Waals surface area contributed by atoms with Crippen molar-refractivity contribution >= 4 is 27.7 Å². The summed E-state index contributed by atoms with van der Waals surface area (Å²) in [5.41, 5.74) is 1.97. The average molecular weight is 489 g/mol. The summed E-state index contributed by atoms with van der Waals surface area (Å²) in [5.74, 6) is 1.24. The van der Waals surface area contributed by atoms with Gasteiger partial charge in [0.15, 0.2) is 11.5 Å². The molecule has 1 saturated heterocycles. The lowest BCUT2D eigenvalue weighted by Gasteiger charge is -2.26. The molecule has 34 heavy (non-hydrogen) atoms. The summed E-state index contributed by atoms with van der Waals surface area (Å²) in [7, 11) is -2.09. The second kappa shape index (κ2) is 11.5. The van der Waals surface area contributed by atoms with Gasteiger partial charge in [-0.15, -0.1) is 0 Å². The molecule has 1 aliphatic heterocycles. The van der Waals surface area contributed by atoms with Crippen LogP contribution < -0.4 is 14.8 Å². The standard InChI is InChI=1S/C25H32N2O6S/c1-18(2)17-33-23-9-6-20(15-24(23)31-4)7-10-25(28)26-22-16-21(8-5-19(22)3)34(29,30)27-11-13-32-14-12-27/h5-10,15-16,18H,11-14,17H2,1-4H3,(H,26,28)/b10-7+. The summed E-state index contributed by atoms with van der Waals surface area (Å²) in [5, 5.41) is 2.78. The second-order valence-electron chi connectivity index (χ2n) is 8.43. The summed E-state index contributed by atoms with van der Waals surface area (Å²) in [4.78, 5) is 12.7. The van der Waals surface area contributed by atoms with E-state index in [1.165, 1.54) is 16.4 Å². The van der Waals surface area contributed by atoms with Gasteiger partial charge in [-0.1, -0.05) is 26.0 Å². The molecular weight excluding hydrogens is 456 g/mol. The summed E-state index contributed by atoms with van der Waals surface area (Å²) >= 11 is 0. The van der Waals surface area contributed by atoms with Crippen LogP contribution in [0, 0.1) is 12.8 Å². The van der Waals surface area contributed by atoms with Gasteiger partial charge in [0.1, 0.15) is 0 Å². The molecule has 9 heteroatoms. The number of rotatable bonds is 9. The molecule has 1 amide bonds. The van der Waals surface area contributed by atoms with Crippen molar-refractivity contribution in [3.05, 3.63) is 53.6 Å². The summed E-state index contributed by atoms with van der Waals surface area (Å²) in [6.07, 6.45) is 3.06. The van der Waals surface area contributed by atoms with Gasteiger partial charge in [-0.2, -0.15) is 4.31 Å². The first-order valence-corrected chi connectivity index (χ1v) is 12.6. The number of benzene rings is 2. The predicted molar refractivity (Wildman–Crippen MR) is 132 cm³/mol. The van der Waals surface area contributed by atoms with Gasteiger partial charge >= 0.3 is 0 Å². The van der Waals surface area contributed by atoms with Crippen LogP contribution in [-0.2, 0) is 19.6 Å². The number of methoxy groups -OCH3 is 1. The molecule has 1 N–H and O–H groups in total. The first-order valence-electron chi connectivity index (χ1n) is 11.2. The lowest BCUT2D eigenvalue weighted by atomic mass is 10.1. The maximum absolute atomic E-state index is 12.9. The summed E-state index contributed by atoms with van der Waals surface area (Å²) in [6, 6.07) is 10.2. The molecule has 0 atom stereocenters. The van der Waals surface area contributed by atoms with E-state index in [9.17, 15) is 13.2 Å². The third kappa shape index (κ3) is 6.59. The van der Waals surface area contributed by atoms with Gasteiger partial charge in [-0.3, -0.25) is 4.79 Å². The van der Waals surface area contributed by atoms with Crippen molar-refractivity contribution in [2.75, 3.05) is 45.3 Å². The van der Waals surface area contributed by atoms with E-state index in [1.54, 1.807) is 31.4 Å². The van der Waals surface area contributed by atoms with Crippen LogP contribution in [-0.4, -0.2) is 58.7 Å². The van der Waals surface area contributed by atoms with Crippen molar-refractivity contribution in [2.24, 2.45) is 5.92 Å². The Hall–Kier alpha value is -2.88. The normalized spacial score (nSPS) is 15.0. The first kappa shape index (κ1) is 25.7. The number of carbonyl (C=O) groups is 1. The Labute approximate surface area is 201 Å². The molecule has 2 aromatic carbocycles. The fraction of sp³-hybridized carbons (Fsp3) is 0.400. The highest BCUT2D eigenvalue weighted by Crippen LogP contribution is 2.29. The molecule has 0 bridgehead atoms. The highest BCUT2D eigenvalue weighted by atomic mass is 32.2. The number of morpholine rings is 1. The number of hydrogen-bond acceptors (Lipinski definition) is 6. The summed E-state index contributed by atoms with van der Waals surface area (Å²) in [6.45, 7) is 7.88. The maximum Gasteiger partial charge on any atom is 0.248 e. The van der Waals surface area contributed by atoms with E-state index in [-0.39, 0.29) is 10.8 Å². The fourth-order valence-corrected chi connectivity index (χ4v) is 4.78. The fourth-order valence-electron chi connectivity index (χ4n) is 3.34. The molecule has 1 heterocycles. The zero-order valence-corrected chi connectivity index (χ0v) is 20.9. The lowest BCUT2D eigenvalue weighted by molar-refractivity contribution is -0.111. The Morgan fingerprint density at radius 3 is 2.56 bits per heavy atom. The average Bonchev–Trinajstić information content (AvgIpc) is 2.83. The Kier molecular flexibility index (Phi) is 8.71. The Morgan fingerprint density at radius 2 is 1.88 bits per heavy atom. The smallest absolute Gasteiger partial charge is 0.248 e. The molecule has 184 valence electrons. The van der Waals surface area contributed by atoms with Gasteiger partial charge in [-0.05, 0) is 54.3 Å². The first-order chi connectivity index (χ1) is 16.2. The van der Waals surface area contributed by atoms with Crippen LogP contribution >= 0.6 is 0 Å². The molecule has 1 fully saturated rings. The van der Waals surface area contributed by atoms with Gasteiger partial charge < -0.3 is 19.5 Å². The van der Waals surface area contributed by atoms with E-state index < -0.39 is 10.0 Å². The zero-order valence-electron chi connectivity index (χ0n) is 20.0. The van der Waals surface area contributed by atoms with Gasteiger partial charge in [0.05, 0.1) is 31.8 Å². The number of carbonyl (C=O) groups excluding carboxylic acids is 1. The van der Waals surface area contributed by atoms with Crippen LogP contribution in [0.15, 0.2) is 47.4 Å². The Bertz CT molecular complexity index is 1140. The van der Waals surface area contributed by atoms with Gasteiger partial charge in [0.25, 0.3) is 0 Å². The number of anilines is 1. The highest BCUT2D eigenvalue weighted by molar-refractivity contribution is 7.89. The van der Waals surface area contributed by atoms with E-state index in [4.69, 9.17) is 14.2 Å². The molecule has 3 rings (SSSR count). The van der Waals surface area contributed by atoms with Crippen molar-refractivity contribution < 1.29 is 27.4 Å². The van der Waals surface area contributed by atoms with Crippen LogP contribution in [0.4, 0.5) is 5.69 Å². The molecule has 2 aromatic rings. The highest BCUT2D eigenvalue weighted by Gasteiger charge is 2.26. The summed E-state index contributed by atoms with van der Waals surface area (Å²) < 4.78 is 43.7. The minimum atomic E-state index is -3.66. The van der Waals surface area contributed by atoms with Crippen LogP contribution in [0.3, 0.4) is 0 Å². The van der Waals surface area contributed by atoms with Crippen LogP contribution in [0.1, 0.15) is 25.0 Å². The van der Waals surface area contributed by atoms with Crippen LogP contribution in [0.5, 0.6) is 11.5 Å². The molecular formula is C25H32N2O6S. The monoisotopic (exact) mass is 488 g/mol. The van der Waals surface area contributed by atoms with E-state index in [0.717, 1.165) is 11.1 Å². The molecule has 0 radical (unpaired) electrons. The lowest BCUT2D eigenvalue weighted by Crippen LogP contribution is -2.40. The number of ether oxygens (including phenoxy) is 3. The number of nitrogens with zero attached hydrogens (tertiary/aromatic N) is 1. The molecule has 1 aliphatic rings. The van der Waals surface area contributed by atoms with Gasteiger partial charge in [-0.25, -0.2) is 8.42 Å². The largest absolute Gasteiger partial charge is 0.493 e. The van der Waals surface area contributed by atoms with E-state index in [1.807, 2.05) is 19.1 Å². The molecule has 0 spiro atoms. The third-order valence-electron chi connectivity index (χ3n) is 5.26. The number of amides is 1. The quantitative estimate of drug-likeness (QED) is 0.541. The second-order valence-corrected chi connectivity index (χ2v) is 10.4. The minimum Gasteiger partial charge on any atom is -0.493 e. The van der Waals surface area contributed by atoms with Gasteiger partial charge in [0, 0.05) is 24.9 Å². The van der Waals surface area contributed by atoms with Crippen molar-refractivity contribution in [1.82, 2.24) is 4.31 Å². The van der Waals surface area contributed by atoms with Crippen molar-refractivity contribution in [3.8, 4) is 11.5 Å². The Balaban J connectivity index is 1.71. The molecule has 8 nitrogen and oxygen atoms in total. The third-order valence-corrected chi connectivity index (χ3v) is 7.16. The van der Waals surface area contributed by atoms with Crippen LogP contribution in [0.2, 0.25) is 0 Å². The van der Waals surface area contributed by atoms with Crippen LogP contribution in [0.25, 0.3) is 6.08 Å². The van der Waals surface area contributed by atoms with Crippen molar-refractivity contribution in [3.63, 3.8) is 0 Å². The molecule has 0 aliphatic carbocycles. The Morgan fingerprint density at radius 1 is 1.15 bits per heavy atom. The molecule has 0 aromatic heterocycles. The zero-order chi connectivity index (χ0) is 24.7. The predicted octanol–water partition coefficient (Wildman–Crippen LogP) is 3.71. The van der Waals surface area contributed by atoms with E-state index >= 15 is 0 Å². The minimum absolute atomic E-state index is 0.140. The van der Waals surface area contributed by atoms with E-state index in [2.05, 4.69) is 19.2 Å². The molecule has 0 saturated carbocycles. The topological polar surface area (TPSA) is 94.2 Å². The number of hydrogen-bond donors (Lipinski definition) is 1. The number of aryl methyl sites for hydroxylation is 1. The molecule has 0 unspecified atom stereocenters. The van der Waals surface area contributed by atoms with Crippen molar-refractivity contribution in [2.45, 2.75) is 25.7 Å².